The van der Waals surface area contributed by atoms with Crippen LogP contribution in [0.5, 0.6) is 23.0 Å². The number of aromatic hydroxyl groups is 1. The lowest BCUT2D eigenvalue weighted by molar-refractivity contribution is 0.0898. The molecule has 0 fully saturated rings. The predicted octanol–water partition coefficient (Wildman–Crippen LogP) is 2.17. The number of phenols is 1. The van der Waals surface area contributed by atoms with E-state index in [4.69, 9.17) is 19.9 Å². The molecule has 6 nitrogen and oxygen atoms in total. The van der Waals surface area contributed by atoms with Crippen LogP contribution in [0.2, 0.25) is 0 Å². The fourth-order valence-corrected chi connectivity index (χ4v) is 2.46. The largest absolute Gasteiger partial charge is 0.508 e. The Bertz CT molecular complexity index is 678. The minimum atomic E-state index is -0.0749. The van der Waals surface area contributed by atoms with E-state index in [1.807, 2.05) is 24.3 Å². The fraction of sp³-hybridized carbons (Fsp3) is 0.333. The lowest BCUT2D eigenvalue weighted by atomic mass is 10.2. The number of fused-ring (bicyclic) bond motifs is 1. The van der Waals surface area contributed by atoms with Gasteiger partial charge in [-0.2, -0.15) is 0 Å². The lowest BCUT2D eigenvalue weighted by Gasteiger charge is -2.26. The van der Waals surface area contributed by atoms with Gasteiger partial charge >= 0.3 is 0 Å². The molecule has 4 N–H and O–H groups in total. The number of anilines is 1. The highest BCUT2D eigenvalue weighted by Gasteiger charge is 2.20. The monoisotopic (exact) mass is 330 g/mol. The van der Waals surface area contributed by atoms with Crippen molar-refractivity contribution in [3.8, 4) is 23.0 Å². The van der Waals surface area contributed by atoms with Gasteiger partial charge in [0.05, 0.1) is 6.61 Å². The number of nitrogen functional groups attached to an aromatic ring is 1. The first-order valence-electron chi connectivity index (χ1n) is 8.02. The Hall–Kier alpha value is -2.60. The molecule has 0 bridgehead atoms. The highest BCUT2D eigenvalue weighted by molar-refractivity contribution is 5.46. The van der Waals surface area contributed by atoms with Gasteiger partial charge in [-0.3, -0.25) is 0 Å². The molecule has 3 rings (SSSR count). The van der Waals surface area contributed by atoms with Crippen LogP contribution in [0.1, 0.15) is 6.42 Å². The molecule has 6 heteroatoms. The fourth-order valence-electron chi connectivity index (χ4n) is 2.46. The van der Waals surface area contributed by atoms with Crippen LogP contribution in [0.25, 0.3) is 0 Å². The topological polar surface area (TPSA) is 86.0 Å². The van der Waals surface area contributed by atoms with E-state index in [9.17, 15) is 5.11 Å². The minimum absolute atomic E-state index is 0.0749. The second-order valence-corrected chi connectivity index (χ2v) is 5.66. The molecule has 2 aromatic carbocycles. The smallest absolute Gasteiger partial charge is 0.165 e. The summed E-state index contributed by atoms with van der Waals surface area (Å²) in [4.78, 5) is 0. The number of hydrogen-bond donors (Lipinski definition) is 3. The van der Waals surface area contributed by atoms with Gasteiger partial charge in [0.1, 0.15) is 24.2 Å². The Balaban J connectivity index is 1.33. The number of nitrogens with one attached hydrogen (secondary N) is 1. The van der Waals surface area contributed by atoms with Gasteiger partial charge < -0.3 is 30.4 Å². The molecule has 128 valence electrons. The van der Waals surface area contributed by atoms with Gasteiger partial charge in [0.15, 0.2) is 11.5 Å². The summed E-state index contributed by atoms with van der Waals surface area (Å²) in [5.74, 6) is 2.21. The molecule has 24 heavy (non-hydrogen) atoms. The van der Waals surface area contributed by atoms with Gasteiger partial charge in [-0.1, -0.05) is 6.07 Å². The average molecular weight is 330 g/mol. The summed E-state index contributed by atoms with van der Waals surface area (Å²) in [6, 6.07) is 12.3. The molecule has 2 aromatic rings. The summed E-state index contributed by atoms with van der Waals surface area (Å²) < 4.78 is 17.1. The summed E-state index contributed by atoms with van der Waals surface area (Å²) in [6.45, 7) is 2.60. The molecule has 0 saturated carbocycles. The molecule has 1 aliphatic heterocycles. The van der Waals surface area contributed by atoms with Crippen LogP contribution in [-0.2, 0) is 0 Å². The first-order valence-corrected chi connectivity index (χ1v) is 8.02. The summed E-state index contributed by atoms with van der Waals surface area (Å²) in [7, 11) is 0. The number of hydrogen-bond acceptors (Lipinski definition) is 6. The summed E-state index contributed by atoms with van der Waals surface area (Å²) in [6.07, 6.45) is 0.800. The number of rotatable bonds is 7. The van der Waals surface area contributed by atoms with Crippen LogP contribution < -0.4 is 25.3 Å². The molecule has 0 saturated heterocycles. The van der Waals surface area contributed by atoms with Crippen LogP contribution in [0.15, 0.2) is 42.5 Å². The molecule has 0 unspecified atom stereocenters. The molecule has 1 atom stereocenters. The quantitative estimate of drug-likeness (QED) is 0.533. The summed E-state index contributed by atoms with van der Waals surface area (Å²) >= 11 is 0. The molecule has 1 heterocycles. The van der Waals surface area contributed by atoms with E-state index in [0.29, 0.717) is 36.9 Å². The van der Waals surface area contributed by atoms with Crippen LogP contribution in [0, 0.1) is 0 Å². The second-order valence-electron chi connectivity index (χ2n) is 5.66. The number of nitrogens with two attached hydrogens (primary N) is 1. The lowest BCUT2D eigenvalue weighted by Crippen LogP contribution is -2.39. The maximum absolute atomic E-state index is 9.49. The van der Waals surface area contributed by atoms with Gasteiger partial charge in [-0.05, 0) is 37.2 Å². The molecule has 0 aliphatic carbocycles. The second kappa shape index (κ2) is 7.79. The van der Waals surface area contributed by atoms with Crippen molar-refractivity contribution in [1.82, 2.24) is 5.32 Å². The van der Waals surface area contributed by atoms with Crippen LogP contribution in [0.3, 0.4) is 0 Å². The van der Waals surface area contributed by atoms with E-state index < -0.39 is 0 Å². The van der Waals surface area contributed by atoms with Crippen molar-refractivity contribution in [2.45, 2.75) is 12.5 Å². The average Bonchev–Trinajstić information content (AvgIpc) is 2.57. The Morgan fingerprint density at radius 3 is 3.00 bits per heavy atom. The Labute approximate surface area is 141 Å². The van der Waals surface area contributed by atoms with Crippen LogP contribution >= 0.6 is 0 Å². The van der Waals surface area contributed by atoms with Crippen molar-refractivity contribution in [3.63, 3.8) is 0 Å². The van der Waals surface area contributed by atoms with Crippen molar-refractivity contribution < 1.29 is 19.3 Å². The van der Waals surface area contributed by atoms with Gasteiger partial charge in [0.25, 0.3) is 0 Å². The van der Waals surface area contributed by atoms with E-state index >= 15 is 0 Å². The highest BCUT2D eigenvalue weighted by Crippen LogP contribution is 2.34. The van der Waals surface area contributed by atoms with Crippen molar-refractivity contribution in [3.05, 3.63) is 42.5 Å². The number of ether oxygens (including phenoxy) is 3. The zero-order valence-electron chi connectivity index (χ0n) is 13.4. The number of benzene rings is 2. The van der Waals surface area contributed by atoms with Gasteiger partial charge in [-0.15, -0.1) is 0 Å². The van der Waals surface area contributed by atoms with Crippen molar-refractivity contribution in [2.24, 2.45) is 0 Å². The molecular weight excluding hydrogens is 308 g/mol. The summed E-state index contributed by atoms with van der Waals surface area (Å²) in [5, 5.41) is 12.8. The molecule has 0 amide bonds. The highest BCUT2D eigenvalue weighted by atomic mass is 16.6. The zero-order chi connectivity index (χ0) is 16.8. The van der Waals surface area contributed by atoms with Gasteiger partial charge in [0.2, 0.25) is 0 Å². The SMILES string of the molecule is Nc1cccc(OCCCNC[C@H]2COc3ccc(O)cc3O2)c1. The Kier molecular flexibility index (Phi) is 5.28. The maximum Gasteiger partial charge on any atom is 0.165 e. The van der Waals surface area contributed by atoms with Crippen LogP contribution in [-0.4, -0.2) is 37.5 Å². The minimum Gasteiger partial charge on any atom is -0.508 e. The van der Waals surface area contributed by atoms with Crippen molar-refractivity contribution in [2.75, 3.05) is 32.0 Å². The van der Waals surface area contributed by atoms with E-state index in [1.165, 1.54) is 0 Å². The molecule has 0 spiro atoms. The van der Waals surface area contributed by atoms with Crippen LogP contribution in [0.4, 0.5) is 5.69 Å². The Morgan fingerprint density at radius 2 is 2.12 bits per heavy atom. The third kappa shape index (κ3) is 4.45. The van der Waals surface area contributed by atoms with E-state index in [-0.39, 0.29) is 11.9 Å². The number of phenolic OH excluding ortho intramolecular Hbond substituents is 1. The third-order valence-corrected chi connectivity index (χ3v) is 3.64. The summed E-state index contributed by atoms with van der Waals surface area (Å²) in [5.41, 5.74) is 6.40. The van der Waals surface area contributed by atoms with E-state index in [0.717, 1.165) is 18.7 Å². The predicted molar refractivity (Wildman–Crippen MR) is 91.9 cm³/mol. The maximum atomic E-state index is 9.49. The first kappa shape index (κ1) is 16.3. The first-order chi connectivity index (χ1) is 11.7. The molecule has 0 aromatic heterocycles. The molecule has 0 radical (unpaired) electrons. The van der Waals surface area contributed by atoms with Crippen molar-refractivity contribution >= 4 is 5.69 Å². The molecular formula is C18H22N2O4. The Morgan fingerprint density at radius 1 is 1.21 bits per heavy atom. The standard InChI is InChI=1S/C18H22N2O4/c19-13-3-1-4-15(9-13)22-8-2-7-20-11-16-12-23-17-6-5-14(21)10-18(17)24-16/h1,3-6,9-10,16,20-21H,2,7-8,11-12,19H2/t16-/m0/s1. The van der Waals surface area contributed by atoms with E-state index in [2.05, 4.69) is 5.32 Å². The van der Waals surface area contributed by atoms with Crippen molar-refractivity contribution in [1.29, 1.82) is 0 Å². The van der Waals surface area contributed by atoms with E-state index in [1.54, 1.807) is 18.2 Å². The molecule has 1 aliphatic rings. The third-order valence-electron chi connectivity index (χ3n) is 3.64. The van der Waals surface area contributed by atoms with Gasteiger partial charge in [0, 0.05) is 24.4 Å². The zero-order valence-corrected chi connectivity index (χ0v) is 13.4. The normalized spacial score (nSPS) is 15.9. The van der Waals surface area contributed by atoms with Gasteiger partial charge in [-0.25, -0.2) is 0 Å².